The number of ether oxygens (including phenoxy) is 2. The van der Waals surface area contributed by atoms with Gasteiger partial charge in [0.25, 0.3) is 0 Å². The van der Waals surface area contributed by atoms with Crippen molar-refractivity contribution in [3.8, 4) is 22.6 Å². The molecule has 1 unspecified atom stereocenters. The monoisotopic (exact) mass is 418 g/mol. The highest BCUT2D eigenvalue weighted by molar-refractivity contribution is 7.88. The zero-order chi connectivity index (χ0) is 21.0. The van der Waals surface area contributed by atoms with Gasteiger partial charge >= 0.3 is 0 Å². The van der Waals surface area contributed by atoms with Crippen LogP contribution in [-0.2, 0) is 14.8 Å². The molecular weight excluding hydrogens is 392 g/mol. The fourth-order valence-corrected chi connectivity index (χ4v) is 4.70. The zero-order valence-electron chi connectivity index (χ0n) is 16.8. The van der Waals surface area contributed by atoms with Crippen molar-refractivity contribution in [3.63, 3.8) is 0 Å². The van der Waals surface area contributed by atoms with E-state index in [4.69, 9.17) is 9.47 Å². The van der Waals surface area contributed by atoms with E-state index in [0.29, 0.717) is 24.4 Å². The SMILES string of the molecule is COc1ccc(-c2cc(NC(=O)C3CCCCN3S(C)(=O)=O)ccc2OC)cc1. The van der Waals surface area contributed by atoms with Gasteiger partial charge in [0, 0.05) is 17.8 Å². The van der Waals surface area contributed by atoms with E-state index >= 15 is 0 Å². The molecule has 1 saturated heterocycles. The van der Waals surface area contributed by atoms with Gasteiger partial charge in [-0.15, -0.1) is 0 Å². The van der Waals surface area contributed by atoms with Crippen LogP contribution >= 0.6 is 0 Å². The largest absolute Gasteiger partial charge is 0.497 e. The third-order valence-corrected chi connectivity index (χ3v) is 6.34. The maximum absolute atomic E-state index is 12.8. The van der Waals surface area contributed by atoms with E-state index in [2.05, 4.69) is 5.32 Å². The van der Waals surface area contributed by atoms with Crippen molar-refractivity contribution in [2.75, 3.05) is 32.3 Å². The Morgan fingerprint density at radius 2 is 1.79 bits per heavy atom. The van der Waals surface area contributed by atoms with Gasteiger partial charge < -0.3 is 14.8 Å². The molecule has 1 heterocycles. The van der Waals surface area contributed by atoms with E-state index in [1.165, 1.54) is 4.31 Å². The molecule has 1 aliphatic rings. The Morgan fingerprint density at radius 1 is 1.07 bits per heavy atom. The number of amides is 1. The van der Waals surface area contributed by atoms with E-state index in [1.54, 1.807) is 26.4 Å². The molecule has 0 aliphatic carbocycles. The van der Waals surface area contributed by atoms with Crippen molar-refractivity contribution in [2.24, 2.45) is 0 Å². The molecule has 2 aromatic rings. The Hall–Kier alpha value is -2.58. The standard InChI is InChI=1S/C21H26N2O5S/c1-27-17-10-7-15(8-11-17)18-14-16(9-12-20(18)28-2)22-21(24)19-6-4-5-13-23(19)29(3,25)26/h7-12,14,19H,4-6,13H2,1-3H3,(H,22,24). The van der Waals surface area contributed by atoms with Crippen molar-refractivity contribution in [3.05, 3.63) is 42.5 Å². The average Bonchev–Trinajstić information content (AvgIpc) is 2.73. The Labute approximate surface area is 171 Å². The summed E-state index contributed by atoms with van der Waals surface area (Å²) in [7, 11) is -0.242. The molecule has 7 nitrogen and oxygen atoms in total. The first-order valence-electron chi connectivity index (χ1n) is 9.43. The van der Waals surface area contributed by atoms with Gasteiger partial charge in [-0.25, -0.2) is 8.42 Å². The molecule has 1 atom stereocenters. The normalized spacial score (nSPS) is 17.6. The summed E-state index contributed by atoms with van der Waals surface area (Å²) in [5, 5.41) is 2.87. The second kappa shape index (κ2) is 8.84. The fraction of sp³-hybridized carbons (Fsp3) is 0.381. The van der Waals surface area contributed by atoms with Gasteiger partial charge in [-0.3, -0.25) is 4.79 Å². The highest BCUT2D eigenvalue weighted by Crippen LogP contribution is 2.34. The number of carbonyl (C=O) groups is 1. The lowest BCUT2D eigenvalue weighted by Gasteiger charge is -2.32. The van der Waals surface area contributed by atoms with Crippen molar-refractivity contribution in [1.82, 2.24) is 4.31 Å². The molecule has 8 heteroatoms. The number of hydrogen-bond donors (Lipinski definition) is 1. The number of anilines is 1. The molecule has 0 saturated carbocycles. The molecule has 0 aromatic heterocycles. The second-order valence-corrected chi connectivity index (χ2v) is 8.95. The van der Waals surface area contributed by atoms with E-state index in [0.717, 1.165) is 36.0 Å². The van der Waals surface area contributed by atoms with Gasteiger partial charge in [-0.2, -0.15) is 4.31 Å². The summed E-state index contributed by atoms with van der Waals surface area (Å²) in [6.45, 7) is 0.372. The topological polar surface area (TPSA) is 84.9 Å². The van der Waals surface area contributed by atoms with Crippen molar-refractivity contribution in [2.45, 2.75) is 25.3 Å². The van der Waals surface area contributed by atoms with E-state index < -0.39 is 16.1 Å². The van der Waals surface area contributed by atoms with Gasteiger partial charge in [0.05, 0.1) is 20.5 Å². The van der Waals surface area contributed by atoms with Crippen LogP contribution in [0.2, 0.25) is 0 Å². The lowest BCUT2D eigenvalue weighted by molar-refractivity contribution is -0.120. The summed E-state index contributed by atoms with van der Waals surface area (Å²) in [5.41, 5.74) is 2.31. The molecule has 1 aliphatic heterocycles. The molecule has 0 spiro atoms. The highest BCUT2D eigenvalue weighted by Gasteiger charge is 2.34. The number of methoxy groups -OCH3 is 2. The number of hydrogen-bond acceptors (Lipinski definition) is 5. The maximum atomic E-state index is 12.8. The third kappa shape index (κ3) is 4.89. The summed E-state index contributed by atoms with van der Waals surface area (Å²) in [6.07, 6.45) is 3.25. The van der Waals surface area contributed by atoms with Crippen molar-refractivity contribution in [1.29, 1.82) is 0 Å². The maximum Gasteiger partial charge on any atom is 0.242 e. The molecule has 0 bridgehead atoms. The first-order valence-corrected chi connectivity index (χ1v) is 11.3. The van der Waals surface area contributed by atoms with Crippen LogP contribution < -0.4 is 14.8 Å². The minimum absolute atomic E-state index is 0.319. The highest BCUT2D eigenvalue weighted by atomic mass is 32.2. The molecule has 0 radical (unpaired) electrons. The second-order valence-electron chi connectivity index (χ2n) is 7.02. The van der Waals surface area contributed by atoms with Crippen LogP contribution in [0.4, 0.5) is 5.69 Å². The van der Waals surface area contributed by atoms with Crippen LogP contribution in [0, 0.1) is 0 Å². The van der Waals surface area contributed by atoms with Crippen LogP contribution in [0.15, 0.2) is 42.5 Å². The van der Waals surface area contributed by atoms with Gasteiger partial charge in [0.2, 0.25) is 15.9 Å². The number of nitrogens with zero attached hydrogens (tertiary/aromatic N) is 1. The molecule has 2 aromatic carbocycles. The minimum Gasteiger partial charge on any atom is -0.497 e. The quantitative estimate of drug-likeness (QED) is 0.779. The number of sulfonamides is 1. The van der Waals surface area contributed by atoms with Crippen molar-refractivity contribution < 1.29 is 22.7 Å². The minimum atomic E-state index is -3.44. The first-order chi connectivity index (χ1) is 13.8. The summed E-state index contributed by atoms with van der Waals surface area (Å²) in [6, 6.07) is 12.2. The molecule has 1 N–H and O–H groups in total. The average molecular weight is 419 g/mol. The number of piperidine rings is 1. The molecule has 3 rings (SSSR count). The molecular formula is C21H26N2O5S. The Balaban J connectivity index is 1.86. The van der Waals surface area contributed by atoms with Crippen LogP contribution in [0.5, 0.6) is 11.5 Å². The summed E-state index contributed by atoms with van der Waals surface area (Å²) in [4.78, 5) is 12.8. The first kappa shape index (κ1) is 21.1. The van der Waals surface area contributed by atoms with Gasteiger partial charge in [-0.1, -0.05) is 18.6 Å². The molecule has 1 amide bonds. The predicted octanol–water partition coefficient (Wildman–Crippen LogP) is 3.12. The number of benzene rings is 2. The van der Waals surface area contributed by atoms with Gasteiger partial charge in [-0.05, 0) is 48.7 Å². The third-order valence-electron chi connectivity index (χ3n) is 5.05. The summed E-state index contributed by atoms with van der Waals surface area (Å²) >= 11 is 0. The van der Waals surface area contributed by atoms with Crippen molar-refractivity contribution >= 4 is 21.6 Å². The molecule has 1 fully saturated rings. The lowest BCUT2D eigenvalue weighted by atomic mass is 10.0. The number of rotatable bonds is 6. The molecule has 29 heavy (non-hydrogen) atoms. The number of carbonyl (C=O) groups excluding carboxylic acids is 1. The van der Waals surface area contributed by atoms with Crippen LogP contribution in [0.1, 0.15) is 19.3 Å². The lowest BCUT2D eigenvalue weighted by Crippen LogP contribution is -2.49. The Kier molecular flexibility index (Phi) is 6.44. The Bertz CT molecular complexity index is 973. The number of nitrogens with one attached hydrogen (secondary N) is 1. The van der Waals surface area contributed by atoms with E-state index in [9.17, 15) is 13.2 Å². The van der Waals surface area contributed by atoms with Crippen LogP contribution in [0.25, 0.3) is 11.1 Å². The predicted molar refractivity (Wildman–Crippen MR) is 113 cm³/mol. The molecule has 156 valence electrons. The van der Waals surface area contributed by atoms with Gasteiger partial charge in [0.1, 0.15) is 17.5 Å². The summed E-state index contributed by atoms with van der Waals surface area (Å²) < 4.78 is 36.1. The van der Waals surface area contributed by atoms with E-state index in [1.807, 2.05) is 30.3 Å². The van der Waals surface area contributed by atoms with Crippen LogP contribution in [0.3, 0.4) is 0 Å². The van der Waals surface area contributed by atoms with E-state index in [-0.39, 0.29) is 5.91 Å². The Morgan fingerprint density at radius 3 is 2.41 bits per heavy atom. The fourth-order valence-electron chi connectivity index (χ4n) is 3.57. The summed E-state index contributed by atoms with van der Waals surface area (Å²) in [5.74, 6) is 1.10. The van der Waals surface area contributed by atoms with Crippen LogP contribution in [-0.4, -0.2) is 51.7 Å². The van der Waals surface area contributed by atoms with Gasteiger partial charge in [0.15, 0.2) is 0 Å². The zero-order valence-corrected chi connectivity index (χ0v) is 17.7. The smallest absolute Gasteiger partial charge is 0.242 e.